The first kappa shape index (κ1) is 19.6. The molecule has 3 heterocycles. The zero-order valence-electron chi connectivity index (χ0n) is 16.8. The Bertz CT molecular complexity index is 446. The van der Waals surface area contributed by atoms with Crippen LogP contribution in [0.2, 0.25) is 0 Å². The SMILES string of the molecule is C[C@@H]1CCC[NH+](CC(=O)N2CCN(C(=O)C[NH+]3CCC[C@H](C)C3)CC2)C1. The van der Waals surface area contributed by atoms with E-state index in [4.69, 9.17) is 0 Å². The van der Waals surface area contributed by atoms with E-state index in [9.17, 15) is 9.59 Å². The van der Waals surface area contributed by atoms with Gasteiger partial charge >= 0.3 is 0 Å². The third-order valence-corrected chi connectivity index (χ3v) is 6.52. The van der Waals surface area contributed by atoms with Gasteiger partial charge in [0.1, 0.15) is 0 Å². The van der Waals surface area contributed by atoms with Gasteiger partial charge in [0.2, 0.25) is 0 Å². The van der Waals surface area contributed by atoms with E-state index in [1.807, 2.05) is 9.80 Å². The van der Waals surface area contributed by atoms with Crippen LogP contribution < -0.4 is 9.80 Å². The number of amides is 2. The predicted molar refractivity (Wildman–Crippen MR) is 101 cm³/mol. The summed E-state index contributed by atoms with van der Waals surface area (Å²) in [5.74, 6) is 2.02. The molecular formula is C20H38N4O2+2. The summed E-state index contributed by atoms with van der Waals surface area (Å²) < 4.78 is 0. The van der Waals surface area contributed by atoms with Crippen LogP contribution in [0.15, 0.2) is 0 Å². The van der Waals surface area contributed by atoms with E-state index >= 15 is 0 Å². The van der Waals surface area contributed by atoms with Crippen LogP contribution >= 0.6 is 0 Å². The van der Waals surface area contributed by atoms with Gasteiger partial charge in [-0.05, 0) is 25.7 Å². The van der Waals surface area contributed by atoms with Crippen molar-refractivity contribution in [2.24, 2.45) is 11.8 Å². The monoisotopic (exact) mass is 366 g/mol. The molecule has 26 heavy (non-hydrogen) atoms. The molecule has 6 nitrogen and oxygen atoms in total. The first-order valence-electron chi connectivity index (χ1n) is 10.7. The average Bonchev–Trinajstić information content (AvgIpc) is 2.62. The summed E-state index contributed by atoms with van der Waals surface area (Å²) in [4.78, 5) is 32.0. The number of piperazine rings is 1. The number of hydrogen-bond donors (Lipinski definition) is 2. The lowest BCUT2D eigenvalue weighted by molar-refractivity contribution is -0.901. The van der Waals surface area contributed by atoms with Crippen molar-refractivity contribution in [3.05, 3.63) is 0 Å². The molecule has 148 valence electrons. The fraction of sp³-hybridized carbons (Fsp3) is 0.900. The minimum Gasteiger partial charge on any atom is -0.334 e. The summed E-state index contributed by atoms with van der Waals surface area (Å²) in [5.41, 5.74) is 0. The lowest BCUT2D eigenvalue weighted by atomic mass is 10.0. The van der Waals surface area contributed by atoms with Crippen molar-refractivity contribution < 1.29 is 19.4 Å². The van der Waals surface area contributed by atoms with Crippen molar-refractivity contribution in [2.75, 3.05) is 65.4 Å². The fourth-order valence-electron chi connectivity index (χ4n) is 4.97. The highest BCUT2D eigenvalue weighted by atomic mass is 16.2. The lowest BCUT2D eigenvalue weighted by Gasteiger charge is -2.36. The van der Waals surface area contributed by atoms with E-state index in [0.717, 1.165) is 38.0 Å². The molecule has 6 heteroatoms. The molecule has 0 aromatic carbocycles. The molecular weight excluding hydrogens is 328 g/mol. The van der Waals surface area contributed by atoms with Crippen LogP contribution in [0.4, 0.5) is 0 Å². The standard InChI is InChI=1S/C20H36N4O2/c1-17-5-3-7-21(13-17)15-19(25)23-9-11-24(12-10-23)20(26)16-22-8-4-6-18(2)14-22/h17-18H,3-16H2,1-2H3/p+2/t17-,18+. The van der Waals surface area contributed by atoms with E-state index in [2.05, 4.69) is 13.8 Å². The minimum atomic E-state index is 0.275. The second-order valence-corrected chi connectivity index (χ2v) is 9.02. The Balaban J connectivity index is 1.39. The molecule has 2 N–H and O–H groups in total. The van der Waals surface area contributed by atoms with Crippen LogP contribution in [-0.4, -0.2) is 87.1 Å². The maximum absolute atomic E-state index is 12.6. The van der Waals surface area contributed by atoms with Gasteiger partial charge in [-0.3, -0.25) is 9.59 Å². The maximum Gasteiger partial charge on any atom is 0.277 e. The van der Waals surface area contributed by atoms with Gasteiger partial charge in [-0.25, -0.2) is 0 Å². The van der Waals surface area contributed by atoms with Crippen LogP contribution in [0.1, 0.15) is 39.5 Å². The van der Waals surface area contributed by atoms with E-state index < -0.39 is 0 Å². The van der Waals surface area contributed by atoms with Crippen LogP contribution in [0.25, 0.3) is 0 Å². The molecule has 3 rings (SSSR count). The highest BCUT2D eigenvalue weighted by Crippen LogP contribution is 2.07. The molecule has 3 aliphatic rings. The van der Waals surface area contributed by atoms with Gasteiger partial charge in [-0.1, -0.05) is 13.8 Å². The Morgan fingerprint density at radius 2 is 1.15 bits per heavy atom. The first-order valence-corrected chi connectivity index (χ1v) is 10.7. The summed E-state index contributed by atoms with van der Waals surface area (Å²) in [5, 5.41) is 0. The van der Waals surface area contributed by atoms with E-state index in [1.54, 1.807) is 0 Å². The highest BCUT2D eigenvalue weighted by Gasteiger charge is 2.30. The molecule has 0 aromatic heterocycles. The number of nitrogens with one attached hydrogen (secondary N) is 2. The van der Waals surface area contributed by atoms with Crippen molar-refractivity contribution in [1.29, 1.82) is 0 Å². The Morgan fingerprint density at radius 1 is 0.769 bits per heavy atom. The smallest absolute Gasteiger partial charge is 0.277 e. The number of likely N-dealkylation sites (tertiary alicyclic amines) is 2. The van der Waals surface area contributed by atoms with Gasteiger partial charge in [-0.2, -0.15) is 0 Å². The maximum atomic E-state index is 12.6. The molecule has 3 aliphatic heterocycles. The molecule has 2 unspecified atom stereocenters. The largest absolute Gasteiger partial charge is 0.334 e. The molecule has 0 aromatic rings. The van der Waals surface area contributed by atoms with Gasteiger partial charge in [0.05, 0.1) is 26.2 Å². The molecule has 0 aliphatic carbocycles. The summed E-state index contributed by atoms with van der Waals surface area (Å²) in [7, 11) is 0. The van der Waals surface area contributed by atoms with Crippen molar-refractivity contribution >= 4 is 11.8 Å². The van der Waals surface area contributed by atoms with Crippen LogP contribution in [-0.2, 0) is 9.59 Å². The fourth-order valence-corrected chi connectivity index (χ4v) is 4.97. The summed E-state index contributed by atoms with van der Waals surface area (Å²) in [6.07, 6.45) is 5.08. The lowest BCUT2D eigenvalue weighted by Crippen LogP contribution is -3.14. The number of quaternary nitrogens is 2. The Kier molecular flexibility index (Phi) is 6.92. The van der Waals surface area contributed by atoms with E-state index in [-0.39, 0.29) is 11.8 Å². The van der Waals surface area contributed by atoms with Crippen LogP contribution in [0.3, 0.4) is 0 Å². The highest BCUT2D eigenvalue weighted by molar-refractivity contribution is 5.79. The number of rotatable bonds is 4. The molecule has 3 saturated heterocycles. The Hall–Kier alpha value is -1.14. The van der Waals surface area contributed by atoms with Crippen molar-refractivity contribution in [3.8, 4) is 0 Å². The van der Waals surface area contributed by atoms with Gasteiger partial charge in [0, 0.05) is 38.0 Å². The summed E-state index contributed by atoms with van der Waals surface area (Å²) >= 11 is 0. The molecule has 0 bridgehead atoms. The van der Waals surface area contributed by atoms with E-state index in [0.29, 0.717) is 39.3 Å². The number of hydrogen-bond acceptors (Lipinski definition) is 2. The van der Waals surface area contributed by atoms with Crippen LogP contribution in [0.5, 0.6) is 0 Å². The molecule has 2 amide bonds. The topological polar surface area (TPSA) is 49.5 Å². The summed E-state index contributed by atoms with van der Waals surface area (Å²) in [6, 6.07) is 0. The molecule has 0 radical (unpaired) electrons. The van der Waals surface area contributed by atoms with Crippen molar-refractivity contribution in [1.82, 2.24) is 9.80 Å². The molecule has 3 fully saturated rings. The first-order chi connectivity index (χ1) is 12.5. The van der Waals surface area contributed by atoms with Gasteiger partial charge in [-0.15, -0.1) is 0 Å². The average molecular weight is 367 g/mol. The number of carbonyl (C=O) groups excluding carboxylic acids is 2. The van der Waals surface area contributed by atoms with Gasteiger partial charge < -0.3 is 19.6 Å². The zero-order valence-corrected chi connectivity index (χ0v) is 16.8. The zero-order chi connectivity index (χ0) is 18.5. The van der Waals surface area contributed by atoms with Gasteiger partial charge in [0.25, 0.3) is 11.8 Å². The van der Waals surface area contributed by atoms with Gasteiger partial charge in [0.15, 0.2) is 13.1 Å². The molecule has 4 atom stereocenters. The predicted octanol–water partition coefficient (Wildman–Crippen LogP) is -1.71. The van der Waals surface area contributed by atoms with Crippen molar-refractivity contribution in [3.63, 3.8) is 0 Å². The number of piperidine rings is 2. The third-order valence-electron chi connectivity index (χ3n) is 6.52. The molecule has 0 spiro atoms. The van der Waals surface area contributed by atoms with Crippen LogP contribution in [0, 0.1) is 11.8 Å². The normalized spacial score (nSPS) is 33.2. The quantitative estimate of drug-likeness (QED) is 0.622. The van der Waals surface area contributed by atoms with E-state index in [1.165, 1.54) is 35.5 Å². The van der Waals surface area contributed by atoms with Crippen molar-refractivity contribution in [2.45, 2.75) is 39.5 Å². The number of carbonyl (C=O) groups is 2. The third kappa shape index (κ3) is 5.43. The summed E-state index contributed by atoms with van der Waals surface area (Å²) in [6.45, 7) is 13.2. The Labute approximate surface area is 158 Å². The second-order valence-electron chi connectivity index (χ2n) is 9.02. The second kappa shape index (κ2) is 9.18. The molecule has 0 saturated carbocycles. The Morgan fingerprint density at radius 3 is 1.50 bits per heavy atom. The minimum absolute atomic E-state index is 0.275. The number of nitrogens with zero attached hydrogens (tertiary/aromatic N) is 2.